The highest BCUT2D eigenvalue weighted by Gasteiger charge is 2.61. The maximum absolute atomic E-state index is 15.2. The average Bonchev–Trinajstić information content (AvgIpc) is 3.37. The molecule has 44 heavy (non-hydrogen) atoms. The van der Waals surface area contributed by atoms with Gasteiger partial charge in [-0.3, -0.25) is 9.59 Å². The molecule has 1 amide bonds. The molecule has 3 aliphatic carbocycles. The lowest BCUT2D eigenvalue weighted by Crippen LogP contribution is -2.60. The summed E-state index contributed by atoms with van der Waals surface area (Å²) in [5, 5.41) is 9.87. The van der Waals surface area contributed by atoms with Crippen molar-refractivity contribution in [3.8, 4) is 0 Å². The van der Waals surface area contributed by atoms with E-state index in [0.29, 0.717) is 90.0 Å². The van der Waals surface area contributed by atoms with E-state index >= 15 is 4.39 Å². The van der Waals surface area contributed by atoms with Crippen LogP contribution in [0.3, 0.4) is 0 Å². The highest BCUT2D eigenvalue weighted by Crippen LogP contribution is 2.59. The second kappa shape index (κ2) is 10.4. The zero-order chi connectivity index (χ0) is 31.7. The number of nitrogens with zero attached hydrogens (tertiary/aromatic N) is 2. The van der Waals surface area contributed by atoms with Gasteiger partial charge in [-0.05, 0) is 94.0 Å². The van der Waals surface area contributed by atoms with Crippen molar-refractivity contribution >= 4 is 17.6 Å². The number of hydrogen-bond donors (Lipinski definition) is 1. The molecule has 2 aliphatic heterocycles. The Morgan fingerprint density at radius 3 is 2.11 bits per heavy atom. The fraction of sp³-hybridized carbons (Fsp3) is 0.588. The van der Waals surface area contributed by atoms with Gasteiger partial charge in [0.05, 0.1) is 11.5 Å². The molecular formula is C34H39F5N2O3. The number of amides is 1. The summed E-state index contributed by atoms with van der Waals surface area (Å²) in [5.74, 6) is -1.13. The van der Waals surface area contributed by atoms with Gasteiger partial charge in [-0.15, -0.1) is 0 Å². The van der Waals surface area contributed by atoms with Crippen LogP contribution in [-0.4, -0.2) is 53.7 Å². The number of fused-ring (bicyclic) bond motifs is 6. The lowest BCUT2D eigenvalue weighted by Gasteiger charge is -2.53. The summed E-state index contributed by atoms with van der Waals surface area (Å²) in [6.07, 6.45) is -0.404. The van der Waals surface area contributed by atoms with Gasteiger partial charge >= 0.3 is 12.1 Å². The van der Waals surface area contributed by atoms with Crippen LogP contribution in [-0.2, 0) is 27.1 Å². The number of benzene rings is 2. The molecule has 0 aromatic heterocycles. The molecule has 238 valence electrons. The molecule has 3 saturated carbocycles. The Hall–Kier alpha value is -3.17. The number of likely N-dealkylation sites (tertiary alicyclic amines) is 1. The van der Waals surface area contributed by atoms with Gasteiger partial charge in [-0.25, -0.2) is 8.78 Å². The molecule has 5 nitrogen and oxygen atoms in total. The standard InChI is InChI=1S/C34H39F5N2O3/c1-3-17-40-21-27-33(20-22-4-7-24(35)8-5-22,25-9-6-23(19-26(25)40)30(2,36)34(37,38)39)16-18-41(27)28(42)31-10-13-32(14-11-31,15-12-31)29(43)44/h4-9,19,27H,3,10-18,20-21H2,1-2H3,(H,43,44). The number of aliphatic carboxylic acids is 1. The number of carboxylic acids is 1. The number of anilines is 1. The SMILES string of the molecule is CCCN1CC2N(C(=O)C34CCC(C(=O)O)(CC3)CC4)CCC2(Cc2ccc(F)cc2)c2ccc(C(C)(F)C(F)(F)F)cc21. The number of halogens is 5. The normalized spacial score (nSPS) is 30.9. The molecular weight excluding hydrogens is 579 g/mol. The van der Waals surface area contributed by atoms with Crippen LogP contribution in [0, 0.1) is 16.6 Å². The molecule has 0 radical (unpaired) electrons. The van der Waals surface area contributed by atoms with Gasteiger partial charge in [-0.1, -0.05) is 31.2 Å². The molecule has 2 heterocycles. The highest BCUT2D eigenvalue weighted by molar-refractivity contribution is 5.86. The fourth-order valence-corrected chi connectivity index (χ4v) is 8.63. The first-order chi connectivity index (χ1) is 20.7. The van der Waals surface area contributed by atoms with Gasteiger partial charge in [0.25, 0.3) is 0 Å². The third-order valence-electron chi connectivity index (χ3n) is 11.5. The van der Waals surface area contributed by atoms with Crippen LogP contribution in [0.15, 0.2) is 42.5 Å². The summed E-state index contributed by atoms with van der Waals surface area (Å²) in [5.41, 5.74) is -3.88. The monoisotopic (exact) mass is 618 g/mol. The largest absolute Gasteiger partial charge is 0.481 e. The number of carboxylic acid groups (broad SMARTS) is 1. The molecule has 5 aliphatic rings. The lowest BCUT2D eigenvalue weighted by molar-refractivity contribution is -0.228. The molecule has 3 atom stereocenters. The van der Waals surface area contributed by atoms with E-state index in [1.54, 1.807) is 18.2 Å². The van der Waals surface area contributed by atoms with Crippen molar-refractivity contribution in [1.29, 1.82) is 0 Å². The molecule has 2 aromatic carbocycles. The van der Waals surface area contributed by atoms with Crippen LogP contribution in [0.4, 0.5) is 27.6 Å². The fourth-order valence-electron chi connectivity index (χ4n) is 8.63. The van der Waals surface area contributed by atoms with E-state index in [0.717, 1.165) is 11.1 Å². The highest BCUT2D eigenvalue weighted by atomic mass is 19.4. The van der Waals surface area contributed by atoms with Gasteiger partial charge < -0.3 is 14.9 Å². The summed E-state index contributed by atoms with van der Waals surface area (Å²) in [6.45, 7) is 3.85. The van der Waals surface area contributed by atoms with Crippen molar-refractivity contribution in [3.63, 3.8) is 0 Å². The second-order valence-electron chi connectivity index (χ2n) is 13.8. The van der Waals surface area contributed by atoms with E-state index in [9.17, 15) is 32.3 Å². The number of hydrogen-bond acceptors (Lipinski definition) is 3. The number of carbonyl (C=O) groups is 2. The molecule has 3 unspecified atom stereocenters. The van der Waals surface area contributed by atoms with Crippen LogP contribution < -0.4 is 4.90 Å². The van der Waals surface area contributed by atoms with Crippen molar-refractivity contribution in [2.75, 3.05) is 24.5 Å². The van der Waals surface area contributed by atoms with Crippen LogP contribution in [0.5, 0.6) is 0 Å². The van der Waals surface area contributed by atoms with Crippen molar-refractivity contribution in [2.24, 2.45) is 10.8 Å². The van der Waals surface area contributed by atoms with Crippen LogP contribution >= 0.6 is 0 Å². The molecule has 4 fully saturated rings. The summed E-state index contributed by atoms with van der Waals surface area (Å²) < 4.78 is 70.4. The third kappa shape index (κ3) is 4.61. The topological polar surface area (TPSA) is 60.9 Å². The van der Waals surface area contributed by atoms with Crippen molar-refractivity contribution in [2.45, 2.75) is 94.9 Å². The van der Waals surface area contributed by atoms with Crippen LogP contribution in [0.25, 0.3) is 0 Å². The first-order valence-electron chi connectivity index (χ1n) is 15.6. The van der Waals surface area contributed by atoms with E-state index in [-0.39, 0.29) is 17.8 Å². The molecule has 1 saturated heterocycles. The van der Waals surface area contributed by atoms with Gasteiger partial charge in [0, 0.05) is 41.7 Å². The maximum Gasteiger partial charge on any atom is 0.426 e. The summed E-state index contributed by atoms with van der Waals surface area (Å²) in [7, 11) is 0. The van der Waals surface area contributed by atoms with E-state index in [2.05, 4.69) is 0 Å². The van der Waals surface area contributed by atoms with Crippen molar-refractivity contribution < 1.29 is 36.6 Å². The minimum absolute atomic E-state index is 0.0343. The van der Waals surface area contributed by atoms with E-state index < -0.39 is 39.6 Å². The third-order valence-corrected chi connectivity index (χ3v) is 11.5. The van der Waals surface area contributed by atoms with Crippen LogP contribution in [0.1, 0.15) is 81.9 Å². The van der Waals surface area contributed by atoms with Gasteiger partial charge in [0.15, 0.2) is 0 Å². The molecule has 2 aromatic rings. The number of carbonyl (C=O) groups excluding carboxylic acids is 1. The Labute approximate surface area is 254 Å². The second-order valence-corrected chi connectivity index (χ2v) is 13.8. The Balaban J connectivity index is 1.43. The van der Waals surface area contributed by atoms with Crippen LogP contribution in [0.2, 0.25) is 0 Å². The Morgan fingerprint density at radius 1 is 0.932 bits per heavy atom. The number of rotatable bonds is 7. The Morgan fingerprint density at radius 2 is 1.55 bits per heavy atom. The quantitative estimate of drug-likeness (QED) is 0.331. The Bertz CT molecular complexity index is 1430. The van der Waals surface area contributed by atoms with E-state index in [4.69, 9.17) is 0 Å². The van der Waals surface area contributed by atoms with Crippen molar-refractivity contribution in [3.05, 3.63) is 65.0 Å². The summed E-state index contributed by atoms with van der Waals surface area (Å²) >= 11 is 0. The van der Waals surface area contributed by atoms with Gasteiger partial charge in [0.2, 0.25) is 11.6 Å². The summed E-state index contributed by atoms with van der Waals surface area (Å²) in [6, 6.07) is 10.0. The molecule has 2 bridgehead atoms. The van der Waals surface area contributed by atoms with E-state index in [1.165, 1.54) is 24.3 Å². The smallest absolute Gasteiger partial charge is 0.426 e. The average molecular weight is 619 g/mol. The molecule has 7 rings (SSSR count). The lowest BCUT2D eigenvalue weighted by atomic mass is 9.53. The zero-order valence-corrected chi connectivity index (χ0v) is 25.2. The zero-order valence-electron chi connectivity index (χ0n) is 25.2. The van der Waals surface area contributed by atoms with Gasteiger partial charge in [-0.2, -0.15) is 13.2 Å². The predicted molar refractivity (Wildman–Crippen MR) is 156 cm³/mol. The molecule has 10 heteroatoms. The number of alkyl halides is 4. The first kappa shape index (κ1) is 30.8. The maximum atomic E-state index is 15.2. The summed E-state index contributed by atoms with van der Waals surface area (Å²) in [4.78, 5) is 30.5. The predicted octanol–water partition coefficient (Wildman–Crippen LogP) is 7.31. The minimum Gasteiger partial charge on any atom is -0.481 e. The first-order valence-corrected chi connectivity index (χ1v) is 15.6. The minimum atomic E-state index is -5.09. The Kier molecular flexibility index (Phi) is 7.32. The van der Waals surface area contributed by atoms with Crippen molar-refractivity contribution in [1.82, 2.24) is 4.90 Å². The molecule has 1 N–H and O–H groups in total. The van der Waals surface area contributed by atoms with E-state index in [1.807, 2.05) is 16.7 Å². The molecule has 0 spiro atoms. The van der Waals surface area contributed by atoms with Gasteiger partial charge in [0.1, 0.15) is 5.82 Å².